The molecule has 1 aromatic rings. The molecule has 0 heterocycles. The van der Waals surface area contributed by atoms with Crippen molar-refractivity contribution in [1.82, 2.24) is 0 Å². The number of esters is 1. The van der Waals surface area contributed by atoms with Gasteiger partial charge in [0.05, 0.1) is 12.7 Å². The predicted molar refractivity (Wildman–Crippen MR) is 80.8 cm³/mol. The highest BCUT2D eigenvalue weighted by atomic mass is 79.9. The monoisotopic (exact) mass is 325 g/mol. The van der Waals surface area contributed by atoms with Crippen molar-refractivity contribution in [2.45, 2.75) is 45.6 Å². The molecular weight excluding hydrogens is 306 g/mol. The highest BCUT2D eigenvalue weighted by molar-refractivity contribution is 9.10. The fraction of sp³-hybridized carbons (Fsp3) is 0.533. The first-order valence-electron chi connectivity index (χ1n) is 6.69. The van der Waals surface area contributed by atoms with Crippen LogP contribution in [0.15, 0.2) is 10.5 Å². The topological polar surface area (TPSA) is 38.3 Å². The van der Waals surface area contributed by atoms with Gasteiger partial charge in [-0.05, 0) is 43.9 Å². The van der Waals surface area contributed by atoms with Gasteiger partial charge in [-0.15, -0.1) is 0 Å². The van der Waals surface area contributed by atoms with Crippen molar-refractivity contribution in [1.29, 1.82) is 0 Å². The van der Waals surface area contributed by atoms with E-state index in [4.69, 9.17) is 4.74 Å². The maximum atomic E-state index is 11.8. The molecule has 0 aromatic heterocycles. The second-order valence-corrected chi connectivity index (χ2v) is 6.00. The van der Waals surface area contributed by atoms with Crippen molar-refractivity contribution >= 4 is 27.6 Å². The highest BCUT2D eigenvalue weighted by Crippen LogP contribution is 2.33. The molecule has 2 rings (SSSR count). The second kappa shape index (κ2) is 5.95. The maximum Gasteiger partial charge on any atom is 0.338 e. The van der Waals surface area contributed by atoms with Crippen LogP contribution < -0.4 is 5.32 Å². The van der Waals surface area contributed by atoms with E-state index in [1.165, 1.54) is 32.8 Å². The smallest absolute Gasteiger partial charge is 0.338 e. The second-order valence-electron chi connectivity index (χ2n) is 5.15. The highest BCUT2D eigenvalue weighted by Gasteiger charge is 2.21. The molecule has 1 saturated carbocycles. The normalized spacial score (nSPS) is 15.6. The summed E-state index contributed by atoms with van der Waals surface area (Å²) in [5.41, 5.74) is 3.82. The van der Waals surface area contributed by atoms with Crippen molar-refractivity contribution in [2.75, 3.05) is 12.4 Å². The largest absolute Gasteiger partial charge is 0.465 e. The van der Waals surface area contributed by atoms with Gasteiger partial charge in [-0.1, -0.05) is 28.8 Å². The SMILES string of the molecule is COC(=O)c1cc(Br)c(C)c(NC2CCCC2)c1C. The first-order chi connectivity index (χ1) is 9.04. The van der Waals surface area contributed by atoms with Crippen molar-refractivity contribution < 1.29 is 9.53 Å². The zero-order valence-corrected chi connectivity index (χ0v) is 13.3. The summed E-state index contributed by atoms with van der Waals surface area (Å²) in [6.45, 7) is 4.04. The predicted octanol–water partition coefficient (Wildman–Crippen LogP) is 4.21. The Balaban J connectivity index is 2.39. The molecule has 3 nitrogen and oxygen atoms in total. The van der Waals surface area contributed by atoms with Crippen molar-refractivity contribution in [3.63, 3.8) is 0 Å². The number of methoxy groups -OCH3 is 1. The Bertz CT molecular complexity index is 493. The number of nitrogens with one attached hydrogen (secondary N) is 1. The van der Waals surface area contributed by atoms with E-state index < -0.39 is 0 Å². The summed E-state index contributed by atoms with van der Waals surface area (Å²) in [6, 6.07) is 2.37. The van der Waals surface area contributed by atoms with Crippen LogP contribution in [0.2, 0.25) is 0 Å². The number of anilines is 1. The summed E-state index contributed by atoms with van der Waals surface area (Å²) in [5.74, 6) is -0.285. The number of carbonyl (C=O) groups excluding carboxylic acids is 1. The van der Waals surface area contributed by atoms with E-state index in [2.05, 4.69) is 28.2 Å². The molecule has 0 amide bonds. The van der Waals surface area contributed by atoms with Crippen LogP contribution in [0.4, 0.5) is 5.69 Å². The Morgan fingerprint density at radius 2 is 1.95 bits per heavy atom. The quantitative estimate of drug-likeness (QED) is 0.846. The molecule has 0 bridgehead atoms. The van der Waals surface area contributed by atoms with E-state index in [-0.39, 0.29) is 5.97 Å². The van der Waals surface area contributed by atoms with Crippen LogP contribution in [0.1, 0.15) is 47.2 Å². The van der Waals surface area contributed by atoms with Gasteiger partial charge in [0.15, 0.2) is 0 Å². The molecule has 1 aromatic carbocycles. The number of hydrogen-bond acceptors (Lipinski definition) is 3. The van der Waals surface area contributed by atoms with E-state index in [9.17, 15) is 4.79 Å². The minimum absolute atomic E-state index is 0.285. The Labute approximate surface area is 122 Å². The summed E-state index contributed by atoms with van der Waals surface area (Å²) in [7, 11) is 1.42. The Hall–Kier alpha value is -1.03. The van der Waals surface area contributed by atoms with Gasteiger partial charge in [-0.2, -0.15) is 0 Å². The molecule has 4 heteroatoms. The molecule has 0 unspecified atom stereocenters. The summed E-state index contributed by atoms with van der Waals surface area (Å²) < 4.78 is 5.79. The number of halogens is 1. The summed E-state index contributed by atoms with van der Waals surface area (Å²) in [6.07, 6.45) is 4.99. The van der Waals surface area contributed by atoms with Crippen molar-refractivity contribution in [2.24, 2.45) is 0 Å². The molecule has 19 heavy (non-hydrogen) atoms. The van der Waals surface area contributed by atoms with E-state index in [0.717, 1.165) is 21.3 Å². The molecular formula is C15H20BrNO2. The number of hydrogen-bond donors (Lipinski definition) is 1. The van der Waals surface area contributed by atoms with Crippen LogP contribution in [-0.4, -0.2) is 19.1 Å². The molecule has 0 radical (unpaired) electrons. The van der Waals surface area contributed by atoms with Crippen LogP contribution in [0.3, 0.4) is 0 Å². The third-order valence-electron chi connectivity index (χ3n) is 3.89. The lowest BCUT2D eigenvalue weighted by molar-refractivity contribution is 0.0600. The minimum Gasteiger partial charge on any atom is -0.465 e. The molecule has 0 spiro atoms. The minimum atomic E-state index is -0.285. The van der Waals surface area contributed by atoms with Crippen LogP contribution >= 0.6 is 15.9 Å². The van der Waals surface area contributed by atoms with E-state index in [1.54, 1.807) is 0 Å². The third kappa shape index (κ3) is 2.94. The van der Waals surface area contributed by atoms with E-state index in [0.29, 0.717) is 11.6 Å². The lowest BCUT2D eigenvalue weighted by Gasteiger charge is -2.20. The van der Waals surface area contributed by atoms with Gasteiger partial charge in [-0.25, -0.2) is 4.79 Å². The van der Waals surface area contributed by atoms with Gasteiger partial charge in [0.2, 0.25) is 0 Å². The number of ether oxygens (including phenoxy) is 1. The first-order valence-corrected chi connectivity index (χ1v) is 7.48. The van der Waals surface area contributed by atoms with Gasteiger partial charge >= 0.3 is 5.97 Å². The lowest BCUT2D eigenvalue weighted by Crippen LogP contribution is -2.18. The van der Waals surface area contributed by atoms with Gasteiger partial charge < -0.3 is 10.1 Å². The van der Waals surface area contributed by atoms with Gasteiger partial charge in [0.25, 0.3) is 0 Å². The van der Waals surface area contributed by atoms with Crippen LogP contribution in [0, 0.1) is 13.8 Å². The number of carbonyl (C=O) groups is 1. The first kappa shape index (κ1) is 14.4. The zero-order chi connectivity index (χ0) is 14.0. The standard InChI is InChI=1S/C15H20BrNO2/c1-9-12(15(18)19-3)8-13(16)10(2)14(9)17-11-6-4-5-7-11/h8,11,17H,4-7H2,1-3H3. The number of rotatable bonds is 3. The van der Waals surface area contributed by atoms with Gasteiger partial charge in [0, 0.05) is 16.2 Å². The Kier molecular flexibility index (Phi) is 4.50. The van der Waals surface area contributed by atoms with Crippen LogP contribution in [0.25, 0.3) is 0 Å². The Morgan fingerprint density at radius 3 is 2.53 bits per heavy atom. The van der Waals surface area contributed by atoms with Gasteiger partial charge in [0.1, 0.15) is 0 Å². The molecule has 1 fully saturated rings. The fourth-order valence-electron chi connectivity index (χ4n) is 2.69. The molecule has 1 N–H and O–H groups in total. The number of benzene rings is 1. The molecule has 1 aliphatic carbocycles. The van der Waals surface area contributed by atoms with Crippen molar-refractivity contribution in [3.05, 3.63) is 27.2 Å². The summed E-state index contributed by atoms with van der Waals surface area (Å²) in [4.78, 5) is 11.8. The molecule has 0 saturated heterocycles. The lowest BCUT2D eigenvalue weighted by atomic mass is 10.0. The van der Waals surface area contributed by atoms with Crippen LogP contribution in [0.5, 0.6) is 0 Å². The Morgan fingerprint density at radius 1 is 1.32 bits per heavy atom. The fourth-order valence-corrected chi connectivity index (χ4v) is 3.12. The zero-order valence-electron chi connectivity index (χ0n) is 11.7. The third-order valence-corrected chi connectivity index (χ3v) is 4.72. The van der Waals surface area contributed by atoms with Crippen molar-refractivity contribution in [3.8, 4) is 0 Å². The summed E-state index contributed by atoms with van der Waals surface area (Å²) >= 11 is 3.53. The van der Waals surface area contributed by atoms with Gasteiger partial charge in [-0.3, -0.25) is 0 Å². The average Bonchev–Trinajstić information content (AvgIpc) is 2.91. The van der Waals surface area contributed by atoms with E-state index in [1.807, 2.05) is 13.0 Å². The molecule has 0 atom stereocenters. The van der Waals surface area contributed by atoms with E-state index >= 15 is 0 Å². The maximum absolute atomic E-state index is 11.8. The average molecular weight is 326 g/mol. The van der Waals surface area contributed by atoms with Crippen LogP contribution in [-0.2, 0) is 4.74 Å². The summed E-state index contributed by atoms with van der Waals surface area (Å²) in [5, 5.41) is 3.60. The molecule has 0 aliphatic heterocycles. The molecule has 1 aliphatic rings. The molecule has 104 valence electrons.